The molecule has 1 atom stereocenters. The molecule has 0 aliphatic carbocycles. The fraction of sp³-hybridized carbons (Fsp3) is 0.300. The Hall–Kier alpha value is -2.62. The Bertz CT molecular complexity index is 705. The van der Waals surface area contributed by atoms with Crippen LogP contribution in [0.5, 0.6) is 0 Å². The van der Waals surface area contributed by atoms with Crippen LogP contribution in [-0.4, -0.2) is 34.5 Å². The highest BCUT2D eigenvalue weighted by molar-refractivity contribution is 5.97. The van der Waals surface area contributed by atoms with Crippen molar-refractivity contribution in [1.29, 1.82) is 0 Å². The van der Waals surface area contributed by atoms with Gasteiger partial charge in [-0.05, 0) is 38.5 Å². The summed E-state index contributed by atoms with van der Waals surface area (Å²) in [5.41, 5.74) is 3.42. The van der Waals surface area contributed by atoms with Crippen LogP contribution in [0.3, 0.4) is 0 Å². The van der Waals surface area contributed by atoms with Crippen LogP contribution in [0.4, 0.5) is 0 Å². The second kappa shape index (κ2) is 7.77. The van der Waals surface area contributed by atoms with Gasteiger partial charge in [-0.3, -0.25) is 4.79 Å². The number of aliphatic carboxylic acids is 1. The van der Waals surface area contributed by atoms with Crippen LogP contribution in [0.15, 0.2) is 48.5 Å². The Labute approximate surface area is 142 Å². The van der Waals surface area contributed by atoms with Crippen molar-refractivity contribution < 1.29 is 14.7 Å². The van der Waals surface area contributed by atoms with Crippen molar-refractivity contribution in [2.45, 2.75) is 33.2 Å². The van der Waals surface area contributed by atoms with E-state index in [4.69, 9.17) is 0 Å². The molecular formula is C20H23NO3. The van der Waals surface area contributed by atoms with Crippen LogP contribution in [0, 0.1) is 13.8 Å². The van der Waals surface area contributed by atoms with Crippen LogP contribution < -0.4 is 0 Å². The summed E-state index contributed by atoms with van der Waals surface area (Å²) in [7, 11) is 0. The maximum atomic E-state index is 12.9. The van der Waals surface area contributed by atoms with Crippen molar-refractivity contribution in [3.8, 4) is 0 Å². The summed E-state index contributed by atoms with van der Waals surface area (Å²) in [4.78, 5) is 26.1. The second-order valence-electron chi connectivity index (χ2n) is 6.01. The molecule has 1 amide bonds. The largest absolute Gasteiger partial charge is 0.480 e. The van der Waals surface area contributed by atoms with Gasteiger partial charge < -0.3 is 10.0 Å². The molecule has 2 aromatic carbocycles. The molecule has 1 N–H and O–H groups in total. The number of amides is 1. The SMILES string of the molecule is CCN(C(=O)c1cc(C)cc(C)c1)[C@@H](Cc1ccccc1)C(=O)O. The van der Waals surface area contributed by atoms with E-state index in [0.29, 0.717) is 18.5 Å². The van der Waals surface area contributed by atoms with E-state index >= 15 is 0 Å². The number of carbonyl (C=O) groups excluding carboxylic acids is 1. The standard InChI is InChI=1S/C20H23NO3/c1-4-21(19(22)17-11-14(2)10-15(3)12-17)18(20(23)24)13-16-8-6-5-7-9-16/h5-12,18H,4,13H2,1-3H3,(H,23,24)/t18-/m0/s1. The Morgan fingerprint density at radius 3 is 2.12 bits per heavy atom. The van der Waals surface area contributed by atoms with Crippen molar-refractivity contribution in [2.75, 3.05) is 6.54 Å². The Morgan fingerprint density at radius 1 is 1.04 bits per heavy atom. The van der Waals surface area contributed by atoms with Crippen molar-refractivity contribution in [3.63, 3.8) is 0 Å². The molecule has 0 aromatic heterocycles. The minimum atomic E-state index is -0.988. The molecule has 0 unspecified atom stereocenters. The molecule has 0 bridgehead atoms. The topological polar surface area (TPSA) is 57.6 Å². The Morgan fingerprint density at radius 2 is 1.62 bits per heavy atom. The number of rotatable bonds is 6. The molecule has 0 heterocycles. The maximum absolute atomic E-state index is 12.9. The summed E-state index contributed by atoms with van der Waals surface area (Å²) in [6.45, 7) is 6.01. The average Bonchev–Trinajstić information content (AvgIpc) is 2.54. The van der Waals surface area contributed by atoms with Gasteiger partial charge in [-0.2, -0.15) is 0 Å². The summed E-state index contributed by atoms with van der Waals surface area (Å²) < 4.78 is 0. The summed E-state index contributed by atoms with van der Waals surface area (Å²) in [5.74, 6) is -1.23. The van der Waals surface area contributed by atoms with Gasteiger partial charge in [0, 0.05) is 18.5 Å². The lowest BCUT2D eigenvalue weighted by molar-refractivity contribution is -0.142. The number of likely N-dealkylation sites (N-methyl/N-ethyl adjacent to an activating group) is 1. The third kappa shape index (κ3) is 4.22. The quantitative estimate of drug-likeness (QED) is 0.885. The van der Waals surface area contributed by atoms with Gasteiger partial charge in [0.2, 0.25) is 0 Å². The van der Waals surface area contributed by atoms with Gasteiger partial charge in [0.1, 0.15) is 6.04 Å². The van der Waals surface area contributed by atoms with E-state index in [1.807, 2.05) is 57.2 Å². The molecule has 24 heavy (non-hydrogen) atoms. The number of aryl methyl sites for hydroxylation is 2. The average molecular weight is 325 g/mol. The summed E-state index contributed by atoms with van der Waals surface area (Å²) in [6, 6.07) is 14.1. The van der Waals surface area contributed by atoms with E-state index in [1.165, 1.54) is 4.90 Å². The van der Waals surface area contributed by atoms with Crippen LogP contribution in [0.1, 0.15) is 34.0 Å². The number of carbonyl (C=O) groups is 2. The van der Waals surface area contributed by atoms with Crippen molar-refractivity contribution in [3.05, 3.63) is 70.8 Å². The first-order chi connectivity index (χ1) is 11.4. The smallest absolute Gasteiger partial charge is 0.326 e. The highest BCUT2D eigenvalue weighted by atomic mass is 16.4. The first kappa shape index (κ1) is 17.7. The molecule has 0 fully saturated rings. The van der Waals surface area contributed by atoms with E-state index in [1.54, 1.807) is 12.1 Å². The van der Waals surface area contributed by atoms with E-state index in [2.05, 4.69) is 0 Å². The highest BCUT2D eigenvalue weighted by Gasteiger charge is 2.29. The maximum Gasteiger partial charge on any atom is 0.326 e. The van der Waals surface area contributed by atoms with Gasteiger partial charge in [-0.25, -0.2) is 4.79 Å². The second-order valence-corrected chi connectivity index (χ2v) is 6.01. The lowest BCUT2D eigenvalue weighted by atomic mass is 10.0. The molecule has 0 aliphatic heterocycles. The third-order valence-corrected chi connectivity index (χ3v) is 4.00. The summed E-state index contributed by atoms with van der Waals surface area (Å²) >= 11 is 0. The summed E-state index contributed by atoms with van der Waals surface area (Å²) in [5, 5.41) is 9.65. The monoisotopic (exact) mass is 325 g/mol. The fourth-order valence-electron chi connectivity index (χ4n) is 2.94. The van der Waals surface area contributed by atoms with Gasteiger partial charge in [0.15, 0.2) is 0 Å². The predicted octanol–water partition coefficient (Wildman–Crippen LogP) is 3.46. The highest BCUT2D eigenvalue weighted by Crippen LogP contribution is 2.16. The van der Waals surface area contributed by atoms with Crippen LogP contribution in [-0.2, 0) is 11.2 Å². The van der Waals surface area contributed by atoms with Crippen molar-refractivity contribution in [2.24, 2.45) is 0 Å². The Kier molecular flexibility index (Phi) is 5.74. The number of nitrogens with zero attached hydrogens (tertiary/aromatic N) is 1. The lowest BCUT2D eigenvalue weighted by Gasteiger charge is -2.28. The molecule has 2 aromatic rings. The molecule has 126 valence electrons. The minimum Gasteiger partial charge on any atom is -0.480 e. The molecular weight excluding hydrogens is 302 g/mol. The van der Waals surface area contributed by atoms with Crippen LogP contribution in [0.2, 0.25) is 0 Å². The van der Waals surface area contributed by atoms with Gasteiger partial charge in [0.25, 0.3) is 5.91 Å². The molecule has 0 radical (unpaired) electrons. The molecule has 2 rings (SSSR count). The molecule has 0 saturated heterocycles. The zero-order chi connectivity index (χ0) is 17.7. The molecule has 0 aliphatic rings. The number of carboxylic acid groups (broad SMARTS) is 1. The fourth-order valence-corrected chi connectivity index (χ4v) is 2.94. The van der Waals surface area contributed by atoms with Crippen LogP contribution in [0.25, 0.3) is 0 Å². The van der Waals surface area contributed by atoms with Gasteiger partial charge in [0.05, 0.1) is 0 Å². The van der Waals surface area contributed by atoms with Gasteiger partial charge in [-0.15, -0.1) is 0 Å². The van der Waals surface area contributed by atoms with E-state index in [0.717, 1.165) is 16.7 Å². The van der Waals surface area contributed by atoms with Gasteiger partial charge in [-0.1, -0.05) is 47.5 Å². The molecule has 0 spiro atoms. The number of benzene rings is 2. The zero-order valence-corrected chi connectivity index (χ0v) is 14.3. The first-order valence-electron chi connectivity index (χ1n) is 8.08. The number of hydrogen-bond acceptors (Lipinski definition) is 2. The summed E-state index contributed by atoms with van der Waals surface area (Å²) in [6.07, 6.45) is 0.292. The normalized spacial score (nSPS) is 11.8. The zero-order valence-electron chi connectivity index (χ0n) is 14.3. The molecule has 4 nitrogen and oxygen atoms in total. The minimum absolute atomic E-state index is 0.243. The number of hydrogen-bond donors (Lipinski definition) is 1. The first-order valence-corrected chi connectivity index (χ1v) is 8.08. The predicted molar refractivity (Wildman–Crippen MR) is 94.2 cm³/mol. The van der Waals surface area contributed by atoms with Crippen LogP contribution >= 0.6 is 0 Å². The molecule has 4 heteroatoms. The molecule has 0 saturated carbocycles. The lowest BCUT2D eigenvalue weighted by Crippen LogP contribution is -2.46. The number of carboxylic acids is 1. The van der Waals surface area contributed by atoms with E-state index in [9.17, 15) is 14.7 Å². The van der Waals surface area contributed by atoms with Gasteiger partial charge >= 0.3 is 5.97 Å². The van der Waals surface area contributed by atoms with E-state index < -0.39 is 12.0 Å². The third-order valence-electron chi connectivity index (χ3n) is 4.00. The van der Waals surface area contributed by atoms with Crippen molar-refractivity contribution >= 4 is 11.9 Å². The Balaban J connectivity index is 2.31. The van der Waals surface area contributed by atoms with Crippen molar-refractivity contribution in [1.82, 2.24) is 4.90 Å². The van der Waals surface area contributed by atoms with E-state index in [-0.39, 0.29) is 5.91 Å².